The van der Waals surface area contributed by atoms with E-state index in [0.29, 0.717) is 17.5 Å². The Kier molecular flexibility index (Phi) is 6.83. The highest BCUT2D eigenvalue weighted by Crippen LogP contribution is 2.41. The van der Waals surface area contributed by atoms with E-state index in [9.17, 15) is 0 Å². The van der Waals surface area contributed by atoms with E-state index in [1.807, 2.05) is 78.9 Å². The number of rotatable bonds is 5. The molecule has 12 aromatic rings. The molecular formula is C51H30N4O2. The maximum absolute atomic E-state index is 6.26. The van der Waals surface area contributed by atoms with Gasteiger partial charge in [-0.25, -0.2) is 15.0 Å². The summed E-state index contributed by atoms with van der Waals surface area (Å²) in [5.74, 6) is 1.79. The van der Waals surface area contributed by atoms with Crippen LogP contribution in [0.1, 0.15) is 0 Å². The SMILES string of the molecule is c1ccc(-c2nc(-c3cccc(-n4c5ccccc5c5cc(-c6cccc7oc8ccccc8c67)ccc54)c3)nc(-c3cccc4oc5ccccc5c34)n2)cc1. The first-order chi connectivity index (χ1) is 28.2. The van der Waals surface area contributed by atoms with Crippen LogP contribution in [0.25, 0.3) is 117 Å². The fourth-order valence-corrected chi connectivity index (χ4v) is 8.52. The molecule has 0 spiro atoms. The monoisotopic (exact) mass is 730 g/mol. The maximum Gasteiger partial charge on any atom is 0.164 e. The van der Waals surface area contributed by atoms with Gasteiger partial charge in [-0.05, 0) is 65.7 Å². The molecule has 0 saturated carbocycles. The summed E-state index contributed by atoms with van der Waals surface area (Å²) in [6.45, 7) is 0. The quantitative estimate of drug-likeness (QED) is 0.176. The van der Waals surface area contributed by atoms with Crippen LogP contribution in [-0.2, 0) is 0 Å². The highest BCUT2D eigenvalue weighted by Gasteiger charge is 2.20. The molecule has 57 heavy (non-hydrogen) atoms. The number of para-hydroxylation sites is 3. The molecule has 0 aliphatic carbocycles. The van der Waals surface area contributed by atoms with Gasteiger partial charge in [-0.15, -0.1) is 0 Å². The standard InChI is InChI=1S/C51H30N4O2/c1-2-13-31(14-3-1)49-52-50(54-51(53-49)39-21-12-26-46-48(39)38-19-6-9-24-44(38)57-46)33-15-10-16-34(29-33)55-41-22-7-4-17-36(41)40-30-32(27-28-42(40)55)35-20-11-25-45-47(35)37-18-5-8-23-43(37)56-45/h1-30H. The van der Waals surface area contributed by atoms with Crippen LogP contribution in [0.2, 0.25) is 0 Å². The first-order valence-corrected chi connectivity index (χ1v) is 19.0. The molecule has 266 valence electrons. The van der Waals surface area contributed by atoms with E-state index in [1.165, 1.54) is 10.8 Å². The predicted octanol–water partition coefficient (Wildman–Crippen LogP) is 13.4. The van der Waals surface area contributed by atoms with Crippen LogP contribution in [-0.4, -0.2) is 19.5 Å². The molecule has 6 heteroatoms. The average Bonchev–Trinajstić information content (AvgIpc) is 3.96. The Labute approximate surface area is 325 Å². The van der Waals surface area contributed by atoms with Gasteiger partial charge in [0.2, 0.25) is 0 Å². The molecule has 4 aromatic heterocycles. The second-order valence-corrected chi connectivity index (χ2v) is 14.4. The largest absolute Gasteiger partial charge is 0.456 e. The molecule has 0 unspecified atom stereocenters. The van der Waals surface area contributed by atoms with E-state index in [1.54, 1.807) is 0 Å². The van der Waals surface area contributed by atoms with Crippen LogP contribution < -0.4 is 0 Å². The zero-order valence-corrected chi connectivity index (χ0v) is 30.4. The van der Waals surface area contributed by atoms with Gasteiger partial charge in [-0.3, -0.25) is 0 Å². The highest BCUT2D eigenvalue weighted by atomic mass is 16.3. The van der Waals surface area contributed by atoms with Gasteiger partial charge < -0.3 is 13.4 Å². The summed E-state index contributed by atoms with van der Waals surface area (Å²) in [5.41, 5.74) is 11.6. The van der Waals surface area contributed by atoms with Crippen molar-refractivity contribution in [2.45, 2.75) is 0 Å². The van der Waals surface area contributed by atoms with Crippen molar-refractivity contribution in [2.75, 3.05) is 0 Å². The zero-order chi connectivity index (χ0) is 37.5. The summed E-state index contributed by atoms with van der Waals surface area (Å²) >= 11 is 0. The van der Waals surface area contributed by atoms with Crippen molar-refractivity contribution < 1.29 is 8.83 Å². The lowest BCUT2D eigenvalue weighted by atomic mass is 9.98. The molecule has 0 aliphatic heterocycles. The van der Waals surface area contributed by atoms with Crippen molar-refractivity contribution in [2.24, 2.45) is 0 Å². The van der Waals surface area contributed by atoms with E-state index in [2.05, 4.69) is 108 Å². The lowest BCUT2D eigenvalue weighted by Gasteiger charge is -2.12. The fraction of sp³-hybridized carbons (Fsp3) is 0. The molecule has 0 aliphatic rings. The van der Waals surface area contributed by atoms with Crippen molar-refractivity contribution in [3.63, 3.8) is 0 Å². The van der Waals surface area contributed by atoms with Crippen LogP contribution >= 0.6 is 0 Å². The third-order valence-electron chi connectivity index (χ3n) is 11.1. The Morgan fingerprint density at radius 3 is 1.63 bits per heavy atom. The molecule has 0 bridgehead atoms. The molecule has 0 atom stereocenters. The molecule has 4 heterocycles. The number of aromatic nitrogens is 4. The minimum absolute atomic E-state index is 0.589. The fourth-order valence-electron chi connectivity index (χ4n) is 8.52. The summed E-state index contributed by atoms with van der Waals surface area (Å²) in [7, 11) is 0. The molecule has 6 nitrogen and oxygen atoms in total. The van der Waals surface area contributed by atoms with E-state index >= 15 is 0 Å². The van der Waals surface area contributed by atoms with Gasteiger partial charge in [0.25, 0.3) is 0 Å². The van der Waals surface area contributed by atoms with Gasteiger partial charge in [0.15, 0.2) is 17.5 Å². The summed E-state index contributed by atoms with van der Waals surface area (Å²) in [5, 5.41) is 6.62. The molecule has 0 fully saturated rings. The molecule has 0 amide bonds. The van der Waals surface area contributed by atoms with Crippen LogP contribution in [0.4, 0.5) is 0 Å². The summed E-state index contributed by atoms with van der Waals surface area (Å²) < 4.78 is 14.9. The van der Waals surface area contributed by atoms with Gasteiger partial charge in [-0.1, -0.05) is 127 Å². The van der Waals surface area contributed by atoms with Gasteiger partial charge >= 0.3 is 0 Å². The molecule has 8 aromatic carbocycles. The normalized spacial score (nSPS) is 11.9. The van der Waals surface area contributed by atoms with Crippen molar-refractivity contribution in [1.82, 2.24) is 19.5 Å². The van der Waals surface area contributed by atoms with Gasteiger partial charge in [0.05, 0.1) is 11.0 Å². The van der Waals surface area contributed by atoms with Gasteiger partial charge in [-0.2, -0.15) is 0 Å². The van der Waals surface area contributed by atoms with Crippen LogP contribution in [0.5, 0.6) is 0 Å². The lowest BCUT2D eigenvalue weighted by molar-refractivity contribution is 0.668. The van der Waals surface area contributed by atoms with Crippen LogP contribution in [0, 0.1) is 0 Å². The van der Waals surface area contributed by atoms with Crippen molar-refractivity contribution in [1.29, 1.82) is 0 Å². The molecule has 12 rings (SSSR count). The van der Waals surface area contributed by atoms with E-state index < -0.39 is 0 Å². The Hall–Kier alpha value is -7.83. The topological polar surface area (TPSA) is 69.9 Å². The Morgan fingerprint density at radius 2 is 0.877 bits per heavy atom. The first-order valence-electron chi connectivity index (χ1n) is 19.0. The Morgan fingerprint density at radius 1 is 0.333 bits per heavy atom. The highest BCUT2D eigenvalue weighted by molar-refractivity contribution is 6.15. The maximum atomic E-state index is 6.26. The first kappa shape index (κ1) is 31.5. The Bertz CT molecular complexity index is 3540. The van der Waals surface area contributed by atoms with Gasteiger partial charge in [0, 0.05) is 54.7 Å². The minimum atomic E-state index is 0.589. The molecular weight excluding hydrogens is 701 g/mol. The summed E-state index contributed by atoms with van der Waals surface area (Å²) in [6, 6.07) is 62.7. The molecule has 0 saturated heterocycles. The van der Waals surface area contributed by atoms with Crippen LogP contribution in [0.15, 0.2) is 191 Å². The predicted molar refractivity (Wildman–Crippen MR) is 230 cm³/mol. The summed E-state index contributed by atoms with van der Waals surface area (Å²) in [4.78, 5) is 15.4. The van der Waals surface area contributed by atoms with E-state index in [0.717, 1.165) is 88.4 Å². The van der Waals surface area contributed by atoms with Crippen molar-refractivity contribution in [3.8, 4) is 51.0 Å². The molecule has 0 N–H and O–H groups in total. The van der Waals surface area contributed by atoms with Crippen molar-refractivity contribution >= 4 is 65.7 Å². The summed E-state index contributed by atoms with van der Waals surface area (Å²) in [6.07, 6.45) is 0. The number of benzene rings is 8. The van der Waals surface area contributed by atoms with Crippen LogP contribution in [0.3, 0.4) is 0 Å². The van der Waals surface area contributed by atoms with E-state index in [4.69, 9.17) is 23.8 Å². The number of fused-ring (bicyclic) bond motifs is 9. The second-order valence-electron chi connectivity index (χ2n) is 14.4. The third-order valence-corrected chi connectivity index (χ3v) is 11.1. The van der Waals surface area contributed by atoms with E-state index in [-0.39, 0.29) is 0 Å². The minimum Gasteiger partial charge on any atom is -0.456 e. The zero-order valence-electron chi connectivity index (χ0n) is 30.4. The second kappa shape index (κ2) is 12.3. The number of hydrogen-bond donors (Lipinski definition) is 0. The molecule has 0 radical (unpaired) electrons. The number of furan rings is 2. The lowest BCUT2D eigenvalue weighted by Crippen LogP contribution is -2.01. The Balaban J connectivity index is 1.04. The van der Waals surface area contributed by atoms with Crippen molar-refractivity contribution in [3.05, 3.63) is 182 Å². The average molecular weight is 731 g/mol. The smallest absolute Gasteiger partial charge is 0.164 e. The number of nitrogens with zero attached hydrogens (tertiary/aromatic N) is 4. The third kappa shape index (κ3) is 4.94. The van der Waals surface area contributed by atoms with Gasteiger partial charge in [0.1, 0.15) is 22.3 Å². The number of hydrogen-bond acceptors (Lipinski definition) is 5.